The molecule has 3 aromatic rings. The van der Waals surface area contributed by atoms with Crippen LogP contribution in [0.25, 0.3) is 11.2 Å². The predicted molar refractivity (Wildman–Crippen MR) is 102 cm³/mol. The van der Waals surface area contributed by atoms with Gasteiger partial charge in [-0.1, -0.05) is 12.1 Å². The Kier molecular flexibility index (Phi) is 5.70. The maximum absolute atomic E-state index is 5.45. The van der Waals surface area contributed by atoms with Crippen molar-refractivity contribution in [3.05, 3.63) is 24.0 Å². The van der Waals surface area contributed by atoms with E-state index in [0.29, 0.717) is 40.9 Å². The molecule has 1 N–H and O–H groups in total. The van der Waals surface area contributed by atoms with Gasteiger partial charge in [0, 0.05) is 13.2 Å². The van der Waals surface area contributed by atoms with Gasteiger partial charge in [0.2, 0.25) is 0 Å². The van der Waals surface area contributed by atoms with Crippen LogP contribution in [0.5, 0.6) is 11.5 Å². The second-order valence-corrected chi connectivity index (χ2v) is 6.03. The van der Waals surface area contributed by atoms with E-state index in [0.717, 1.165) is 12.1 Å². The van der Waals surface area contributed by atoms with Crippen molar-refractivity contribution in [2.75, 3.05) is 33.3 Å². The molecular weight excluding hydrogens is 348 g/mol. The second-order valence-electron chi connectivity index (χ2n) is 6.03. The summed E-state index contributed by atoms with van der Waals surface area (Å²) in [7, 11) is 4.89. The molecule has 0 aliphatic rings. The third-order valence-electron chi connectivity index (χ3n) is 4.27. The van der Waals surface area contributed by atoms with Crippen LogP contribution in [-0.2, 0) is 4.74 Å². The lowest BCUT2D eigenvalue weighted by Gasteiger charge is -2.15. The summed E-state index contributed by atoms with van der Waals surface area (Å²) < 4.78 is 17.8. The molecule has 0 amide bonds. The molecule has 9 nitrogen and oxygen atoms in total. The number of hydrogen-bond donors (Lipinski definition) is 1. The van der Waals surface area contributed by atoms with Gasteiger partial charge >= 0.3 is 0 Å². The summed E-state index contributed by atoms with van der Waals surface area (Å²) in [5.41, 5.74) is 2.01. The summed E-state index contributed by atoms with van der Waals surface area (Å²) in [6, 6.07) is 5.57. The zero-order valence-corrected chi connectivity index (χ0v) is 16.2. The van der Waals surface area contributed by atoms with Crippen LogP contribution in [0, 0.1) is 6.92 Å². The maximum atomic E-state index is 5.45. The van der Waals surface area contributed by atoms with Crippen LogP contribution in [0.2, 0.25) is 0 Å². The van der Waals surface area contributed by atoms with E-state index in [1.165, 1.54) is 0 Å². The smallest absolute Gasteiger partial charge is 0.184 e. The van der Waals surface area contributed by atoms with Gasteiger partial charge in [0.15, 0.2) is 17.0 Å². The number of nitrogens with one attached hydrogen (secondary N) is 1. The normalized spacial score (nSPS) is 12.2. The predicted octanol–water partition coefficient (Wildman–Crippen LogP) is 2.89. The number of methoxy groups -OCH3 is 3. The topological polar surface area (TPSA) is 96.2 Å². The number of nitrogens with zero attached hydrogens (tertiary/aromatic N) is 5. The van der Waals surface area contributed by atoms with E-state index in [2.05, 4.69) is 32.5 Å². The molecule has 0 aliphatic carbocycles. The van der Waals surface area contributed by atoms with Gasteiger partial charge in [0.25, 0.3) is 0 Å². The van der Waals surface area contributed by atoms with Crippen molar-refractivity contribution in [3.63, 3.8) is 0 Å². The van der Waals surface area contributed by atoms with Crippen LogP contribution in [0.15, 0.2) is 18.2 Å². The van der Waals surface area contributed by atoms with Crippen molar-refractivity contribution in [1.82, 2.24) is 25.0 Å². The third kappa shape index (κ3) is 3.77. The minimum atomic E-state index is 0.0534. The lowest BCUT2D eigenvalue weighted by molar-refractivity contribution is 0.148. The molecule has 0 spiro atoms. The first-order valence-electron chi connectivity index (χ1n) is 8.68. The first-order chi connectivity index (χ1) is 13.1. The lowest BCUT2D eigenvalue weighted by atomic mass is 10.2. The zero-order valence-electron chi connectivity index (χ0n) is 16.2. The van der Waals surface area contributed by atoms with E-state index in [9.17, 15) is 0 Å². The highest BCUT2D eigenvalue weighted by atomic mass is 16.5. The Balaban J connectivity index is 2.04. The van der Waals surface area contributed by atoms with Crippen LogP contribution in [0.3, 0.4) is 0 Å². The molecule has 1 aromatic carbocycles. The summed E-state index contributed by atoms with van der Waals surface area (Å²) in [5.74, 6) is 2.53. The van der Waals surface area contributed by atoms with Gasteiger partial charge < -0.3 is 19.5 Å². The van der Waals surface area contributed by atoms with E-state index < -0.39 is 0 Å². The van der Waals surface area contributed by atoms with Crippen LogP contribution >= 0.6 is 0 Å². The highest BCUT2D eigenvalue weighted by molar-refractivity contribution is 5.85. The molecule has 1 unspecified atom stereocenters. The monoisotopic (exact) mass is 372 g/mol. The molecule has 0 bridgehead atoms. The number of benzene rings is 1. The van der Waals surface area contributed by atoms with Gasteiger partial charge in [-0.2, -0.15) is 0 Å². The van der Waals surface area contributed by atoms with Crippen molar-refractivity contribution in [2.24, 2.45) is 0 Å². The minimum Gasteiger partial charge on any atom is -0.497 e. The minimum absolute atomic E-state index is 0.0534. The van der Waals surface area contributed by atoms with Crippen molar-refractivity contribution in [2.45, 2.75) is 26.3 Å². The van der Waals surface area contributed by atoms with E-state index in [-0.39, 0.29) is 6.04 Å². The van der Waals surface area contributed by atoms with Gasteiger partial charge in [-0.15, -0.1) is 5.10 Å². The second kappa shape index (κ2) is 8.17. The van der Waals surface area contributed by atoms with Gasteiger partial charge in [0.05, 0.1) is 32.6 Å². The molecule has 1 atom stereocenters. The van der Waals surface area contributed by atoms with Gasteiger partial charge in [0.1, 0.15) is 17.3 Å². The molecule has 0 aliphatic heterocycles. The third-order valence-corrected chi connectivity index (χ3v) is 4.27. The molecular formula is C18H24N6O3. The number of fused-ring (bicyclic) bond motifs is 1. The molecule has 144 valence electrons. The van der Waals surface area contributed by atoms with Crippen molar-refractivity contribution >= 4 is 22.7 Å². The van der Waals surface area contributed by atoms with Crippen molar-refractivity contribution in [1.29, 1.82) is 0 Å². The standard InChI is InChI=1S/C18H24N6O3/c1-6-12(10-25-3)24-18-16(22-23-24)17(19-11(2)20-18)21-14-8-7-13(26-4)9-15(14)27-5/h7-9,12H,6,10H2,1-5H3,(H,19,20,21). The molecule has 0 fully saturated rings. The fraction of sp³-hybridized carbons (Fsp3) is 0.444. The fourth-order valence-corrected chi connectivity index (χ4v) is 2.86. The van der Waals surface area contributed by atoms with Crippen molar-refractivity contribution in [3.8, 4) is 11.5 Å². The number of ether oxygens (including phenoxy) is 3. The van der Waals surface area contributed by atoms with Gasteiger partial charge in [-0.25, -0.2) is 14.6 Å². The average molecular weight is 372 g/mol. The molecule has 9 heteroatoms. The first kappa shape index (κ1) is 18.8. The Labute approximate surface area is 157 Å². The molecule has 27 heavy (non-hydrogen) atoms. The first-order valence-corrected chi connectivity index (χ1v) is 8.68. The molecule has 0 radical (unpaired) electrons. The largest absolute Gasteiger partial charge is 0.497 e. The van der Waals surface area contributed by atoms with E-state index in [1.807, 2.05) is 19.1 Å². The summed E-state index contributed by atoms with van der Waals surface area (Å²) in [6.07, 6.45) is 0.852. The van der Waals surface area contributed by atoms with Crippen LogP contribution in [-0.4, -0.2) is 52.9 Å². The van der Waals surface area contributed by atoms with Crippen LogP contribution in [0.1, 0.15) is 25.2 Å². The molecule has 0 saturated carbocycles. The highest BCUT2D eigenvalue weighted by Crippen LogP contribution is 2.32. The fourth-order valence-electron chi connectivity index (χ4n) is 2.86. The number of rotatable bonds is 8. The Morgan fingerprint density at radius 3 is 2.63 bits per heavy atom. The number of anilines is 2. The van der Waals surface area contributed by atoms with Gasteiger partial charge in [-0.3, -0.25) is 0 Å². The average Bonchev–Trinajstić information content (AvgIpc) is 3.10. The van der Waals surface area contributed by atoms with Crippen LogP contribution in [0.4, 0.5) is 11.5 Å². The van der Waals surface area contributed by atoms with Crippen LogP contribution < -0.4 is 14.8 Å². The quantitative estimate of drug-likeness (QED) is 0.645. The Morgan fingerprint density at radius 2 is 1.96 bits per heavy atom. The van der Waals surface area contributed by atoms with E-state index in [4.69, 9.17) is 14.2 Å². The summed E-state index contributed by atoms with van der Waals surface area (Å²) >= 11 is 0. The zero-order chi connectivity index (χ0) is 19.4. The number of aromatic nitrogens is 5. The molecule has 2 aromatic heterocycles. The molecule has 0 saturated heterocycles. The SMILES string of the molecule is CCC(COC)n1nnc2c(Nc3ccc(OC)cc3OC)nc(C)nc21. The summed E-state index contributed by atoms with van der Waals surface area (Å²) in [5, 5.41) is 11.9. The highest BCUT2D eigenvalue weighted by Gasteiger charge is 2.19. The molecule has 3 rings (SSSR count). The summed E-state index contributed by atoms with van der Waals surface area (Å²) in [4.78, 5) is 9.04. The Bertz CT molecular complexity index is 927. The number of hydrogen-bond acceptors (Lipinski definition) is 8. The lowest BCUT2D eigenvalue weighted by Crippen LogP contribution is -2.16. The number of aryl methyl sites for hydroxylation is 1. The van der Waals surface area contributed by atoms with Crippen molar-refractivity contribution < 1.29 is 14.2 Å². The van der Waals surface area contributed by atoms with E-state index >= 15 is 0 Å². The Hall–Kier alpha value is -2.94. The maximum Gasteiger partial charge on any atom is 0.184 e. The Morgan fingerprint density at radius 1 is 1.15 bits per heavy atom. The molecule has 2 heterocycles. The summed E-state index contributed by atoms with van der Waals surface area (Å²) in [6.45, 7) is 4.45. The van der Waals surface area contributed by atoms with Gasteiger partial charge in [-0.05, 0) is 25.5 Å². The van der Waals surface area contributed by atoms with E-state index in [1.54, 1.807) is 32.1 Å².